The second kappa shape index (κ2) is 9.56. The summed E-state index contributed by atoms with van der Waals surface area (Å²) in [4.78, 5) is 27.6. The molecule has 0 bridgehead atoms. The van der Waals surface area contributed by atoms with Crippen LogP contribution < -0.4 is 20.9 Å². The molecule has 3 aromatic carbocycles. The van der Waals surface area contributed by atoms with Gasteiger partial charge < -0.3 is 20.9 Å². The minimum atomic E-state index is -0.323. The number of anilines is 4. The standard InChI is InChI=1S/C26H28N4O2/c1-18-8-10-21(11-9-18)28-26(32)29-23-17-22(12-13-24(23)30-14-3-4-15-30)27-25(31)20-7-5-6-19(2)16-20/h5-13,16-17H,3-4,14-15H2,1-2H3,(H,27,31)(H2,28,29,32). The second-order valence-electron chi connectivity index (χ2n) is 8.19. The predicted molar refractivity (Wildman–Crippen MR) is 131 cm³/mol. The van der Waals surface area contributed by atoms with E-state index in [-0.39, 0.29) is 11.9 Å². The van der Waals surface area contributed by atoms with Crippen molar-refractivity contribution in [3.05, 3.63) is 83.4 Å². The van der Waals surface area contributed by atoms with Gasteiger partial charge in [0.1, 0.15) is 0 Å². The van der Waals surface area contributed by atoms with E-state index in [2.05, 4.69) is 20.9 Å². The number of carbonyl (C=O) groups excluding carboxylic acids is 2. The lowest BCUT2D eigenvalue weighted by molar-refractivity contribution is 0.102. The van der Waals surface area contributed by atoms with Gasteiger partial charge >= 0.3 is 6.03 Å². The number of carbonyl (C=O) groups is 2. The summed E-state index contributed by atoms with van der Waals surface area (Å²) in [5.74, 6) is -0.183. The van der Waals surface area contributed by atoms with Gasteiger partial charge in [-0.25, -0.2) is 4.79 Å². The number of amides is 3. The second-order valence-corrected chi connectivity index (χ2v) is 8.19. The average Bonchev–Trinajstić information content (AvgIpc) is 3.30. The van der Waals surface area contributed by atoms with Crippen molar-refractivity contribution < 1.29 is 9.59 Å². The highest BCUT2D eigenvalue weighted by Gasteiger charge is 2.18. The van der Waals surface area contributed by atoms with Crippen LogP contribution in [0.3, 0.4) is 0 Å². The molecule has 1 saturated heterocycles. The van der Waals surface area contributed by atoms with Gasteiger partial charge in [0.05, 0.1) is 11.4 Å². The van der Waals surface area contributed by atoms with Crippen molar-refractivity contribution in [2.75, 3.05) is 33.9 Å². The molecule has 3 amide bonds. The van der Waals surface area contributed by atoms with Gasteiger partial charge in [-0.15, -0.1) is 0 Å². The topological polar surface area (TPSA) is 73.5 Å². The zero-order chi connectivity index (χ0) is 22.5. The quantitative estimate of drug-likeness (QED) is 0.481. The minimum absolute atomic E-state index is 0.183. The minimum Gasteiger partial charge on any atom is -0.370 e. The van der Waals surface area contributed by atoms with Crippen LogP contribution in [0.4, 0.5) is 27.5 Å². The van der Waals surface area contributed by atoms with Crippen LogP contribution in [0.2, 0.25) is 0 Å². The van der Waals surface area contributed by atoms with Crippen LogP contribution in [-0.2, 0) is 0 Å². The summed E-state index contributed by atoms with van der Waals surface area (Å²) in [6, 6.07) is 20.4. The van der Waals surface area contributed by atoms with Crippen LogP contribution >= 0.6 is 0 Å². The van der Waals surface area contributed by atoms with E-state index in [1.165, 1.54) is 0 Å². The number of nitrogens with one attached hydrogen (secondary N) is 3. The number of rotatable bonds is 5. The number of nitrogens with zero attached hydrogens (tertiary/aromatic N) is 1. The van der Waals surface area contributed by atoms with E-state index in [0.717, 1.165) is 48.4 Å². The number of benzene rings is 3. The Hall–Kier alpha value is -3.80. The Kier molecular flexibility index (Phi) is 6.40. The van der Waals surface area contributed by atoms with E-state index in [1.54, 1.807) is 6.07 Å². The third-order valence-electron chi connectivity index (χ3n) is 5.54. The largest absolute Gasteiger partial charge is 0.370 e. The lowest BCUT2D eigenvalue weighted by atomic mass is 10.1. The van der Waals surface area contributed by atoms with Gasteiger partial charge in [-0.05, 0) is 69.2 Å². The summed E-state index contributed by atoms with van der Waals surface area (Å²) in [6.45, 7) is 5.85. The van der Waals surface area contributed by atoms with Crippen LogP contribution in [0.25, 0.3) is 0 Å². The summed E-state index contributed by atoms with van der Waals surface area (Å²) < 4.78 is 0. The molecule has 1 fully saturated rings. The molecule has 32 heavy (non-hydrogen) atoms. The van der Waals surface area contributed by atoms with Crippen molar-refractivity contribution in [2.45, 2.75) is 26.7 Å². The molecule has 1 aliphatic heterocycles. The van der Waals surface area contributed by atoms with Crippen molar-refractivity contribution in [1.29, 1.82) is 0 Å². The van der Waals surface area contributed by atoms with E-state index in [1.807, 2.05) is 74.5 Å². The molecule has 3 aromatic rings. The molecular formula is C26H28N4O2. The molecule has 6 nitrogen and oxygen atoms in total. The summed E-state index contributed by atoms with van der Waals surface area (Å²) >= 11 is 0. The van der Waals surface area contributed by atoms with Crippen molar-refractivity contribution in [1.82, 2.24) is 0 Å². The average molecular weight is 429 g/mol. The molecule has 3 N–H and O–H groups in total. The van der Waals surface area contributed by atoms with Crippen molar-refractivity contribution in [2.24, 2.45) is 0 Å². The SMILES string of the molecule is Cc1ccc(NC(=O)Nc2cc(NC(=O)c3cccc(C)c3)ccc2N2CCCC2)cc1. The fraction of sp³-hybridized carbons (Fsp3) is 0.231. The zero-order valence-electron chi connectivity index (χ0n) is 18.4. The molecule has 1 heterocycles. The van der Waals surface area contributed by atoms with E-state index in [9.17, 15) is 9.59 Å². The van der Waals surface area contributed by atoms with Crippen molar-refractivity contribution in [3.63, 3.8) is 0 Å². The van der Waals surface area contributed by atoms with Gasteiger partial charge in [-0.1, -0.05) is 35.4 Å². The van der Waals surface area contributed by atoms with Gasteiger partial charge in [-0.2, -0.15) is 0 Å². The first-order chi connectivity index (χ1) is 15.5. The van der Waals surface area contributed by atoms with Crippen LogP contribution in [0.15, 0.2) is 66.7 Å². The summed E-state index contributed by atoms with van der Waals surface area (Å²) in [6.07, 6.45) is 2.25. The van der Waals surface area contributed by atoms with Gasteiger partial charge in [0.25, 0.3) is 5.91 Å². The number of hydrogen-bond acceptors (Lipinski definition) is 3. The molecule has 0 atom stereocenters. The van der Waals surface area contributed by atoms with E-state index >= 15 is 0 Å². The zero-order valence-corrected chi connectivity index (χ0v) is 18.4. The van der Waals surface area contributed by atoms with Gasteiger partial charge in [0.2, 0.25) is 0 Å². The van der Waals surface area contributed by atoms with Gasteiger partial charge in [-0.3, -0.25) is 4.79 Å². The molecule has 164 valence electrons. The monoisotopic (exact) mass is 428 g/mol. The molecule has 0 saturated carbocycles. The van der Waals surface area contributed by atoms with Crippen molar-refractivity contribution >= 4 is 34.7 Å². The smallest absolute Gasteiger partial charge is 0.323 e. The molecular weight excluding hydrogens is 400 g/mol. The molecule has 0 aromatic heterocycles. The normalized spacial score (nSPS) is 13.0. The van der Waals surface area contributed by atoms with Crippen LogP contribution in [0.5, 0.6) is 0 Å². The molecule has 0 radical (unpaired) electrons. The molecule has 0 aliphatic carbocycles. The highest BCUT2D eigenvalue weighted by atomic mass is 16.2. The Morgan fingerprint density at radius 2 is 1.47 bits per heavy atom. The summed E-state index contributed by atoms with van der Waals surface area (Å²) in [5, 5.41) is 8.79. The summed E-state index contributed by atoms with van der Waals surface area (Å²) in [7, 11) is 0. The maximum absolute atomic E-state index is 12.7. The van der Waals surface area contributed by atoms with Gasteiger partial charge in [0, 0.05) is 30.0 Å². The molecule has 4 rings (SSSR count). The molecule has 6 heteroatoms. The lowest BCUT2D eigenvalue weighted by Gasteiger charge is -2.22. The fourth-order valence-electron chi connectivity index (χ4n) is 3.86. The van der Waals surface area contributed by atoms with Gasteiger partial charge in [0.15, 0.2) is 0 Å². The Morgan fingerprint density at radius 1 is 0.750 bits per heavy atom. The highest BCUT2D eigenvalue weighted by molar-refractivity contribution is 6.06. The number of hydrogen-bond donors (Lipinski definition) is 3. The third-order valence-corrected chi connectivity index (χ3v) is 5.54. The van der Waals surface area contributed by atoms with E-state index in [0.29, 0.717) is 16.9 Å². The van der Waals surface area contributed by atoms with Crippen LogP contribution in [-0.4, -0.2) is 25.0 Å². The van der Waals surface area contributed by atoms with Crippen LogP contribution in [0, 0.1) is 13.8 Å². The van der Waals surface area contributed by atoms with E-state index < -0.39 is 0 Å². The first-order valence-corrected chi connectivity index (χ1v) is 10.9. The Labute approximate surface area is 188 Å². The number of aryl methyl sites for hydroxylation is 2. The third kappa shape index (κ3) is 5.27. The lowest BCUT2D eigenvalue weighted by Crippen LogP contribution is -2.24. The molecule has 0 unspecified atom stereocenters. The summed E-state index contributed by atoms with van der Waals surface area (Å²) in [5.41, 5.74) is 5.72. The Morgan fingerprint density at radius 3 is 2.19 bits per heavy atom. The molecule has 1 aliphatic rings. The van der Waals surface area contributed by atoms with Crippen LogP contribution in [0.1, 0.15) is 34.3 Å². The van der Waals surface area contributed by atoms with Crippen molar-refractivity contribution in [3.8, 4) is 0 Å². The maximum Gasteiger partial charge on any atom is 0.323 e. The molecule has 0 spiro atoms. The maximum atomic E-state index is 12.7. The highest BCUT2D eigenvalue weighted by Crippen LogP contribution is 2.32. The fourth-order valence-corrected chi connectivity index (χ4v) is 3.86. The Bertz CT molecular complexity index is 1120. The Balaban J connectivity index is 1.54. The number of urea groups is 1. The van der Waals surface area contributed by atoms with E-state index in [4.69, 9.17) is 0 Å². The predicted octanol–water partition coefficient (Wildman–Crippen LogP) is 5.80. The first-order valence-electron chi connectivity index (χ1n) is 10.9. The first kappa shape index (κ1) is 21.4.